The summed E-state index contributed by atoms with van der Waals surface area (Å²) in [6.07, 6.45) is 5.45. The third-order valence-electron chi connectivity index (χ3n) is 2.37. The lowest BCUT2D eigenvalue weighted by Gasteiger charge is -2.00. The molecule has 1 N–H and O–H groups in total. The Kier molecular flexibility index (Phi) is 5.86. The van der Waals surface area contributed by atoms with Crippen LogP contribution in [0.2, 0.25) is 0 Å². The third kappa shape index (κ3) is 5.20. The maximum Gasteiger partial charge on any atom is 0.243 e. The van der Waals surface area contributed by atoms with E-state index in [1.807, 2.05) is 24.3 Å². The molecule has 0 saturated heterocycles. The molecule has 0 atom stereocenters. The van der Waals surface area contributed by atoms with Crippen LogP contribution >= 0.6 is 0 Å². The van der Waals surface area contributed by atoms with Gasteiger partial charge in [0.2, 0.25) is 5.91 Å². The van der Waals surface area contributed by atoms with Crippen LogP contribution < -0.4 is 10.1 Å². The van der Waals surface area contributed by atoms with Crippen molar-refractivity contribution in [3.05, 3.63) is 35.9 Å². The fraction of sp³-hybridized carbons (Fsp3) is 0.357. The molecule has 0 aromatic heterocycles. The molecule has 1 aromatic rings. The van der Waals surface area contributed by atoms with Crippen molar-refractivity contribution in [3.8, 4) is 5.75 Å². The minimum atomic E-state index is -0.0470. The van der Waals surface area contributed by atoms with Crippen molar-refractivity contribution in [2.24, 2.45) is 0 Å². The van der Waals surface area contributed by atoms with Gasteiger partial charge in [-0.05, 0) is 30.2 Å². The fourth-order valence-electron chi connectivity index (χ4n) is 1.33. The van der Waals surface area contributed by atoms with Gasteiger partial charge >= 0.3 is 0 Å². The minimum absolute atomic E-state index is 0.0470. The molecule has 3 heteroatoms. The number of hydrogen-bond donors (Lipinski definition) is 1. The minimum Gasteiger partial charge on any atom is -0.497 e. The monoisotopic (exact) mass is 233 g/mol. The molecule has 0 aliphatic rings. The van der Waals surface area contributed by atoms with Gasteiger partial charge in [0.25, 0.3) is 0 Å². The van der Waals surface area contributed by atoms with Gasteiger partial charge in [-0.25, -0.2) is 0 Å². The summed E-state index contributed by atoms with van der Waals surface area (Å²) in [6, 6.07) is 7.56. The summed E-state index contributed by atoms with van der Waals surface area (Å²) in [7, 11) is 1.63. The zero-order valence-electron chi connectivity index (χ0n) is 10.4. The lowest BCUT2D eigenvalue weighted by Crippen LogP contribution is -2.21. The van der Waals surface area contributed by atoms with Crippen molar-refractivity contribution in [2.45, 2.75) is 19.8 Å². The van der Waals surface area contributed by atoms with E-state index in [9.17, 15) is 4.79 Å². The van der Waals surface area contributed by atoms with Crippen molar-refractivity contribution in [1.82, 2.24) is 5.32 Å². The summed E-state index contributed by atoms with van der Waals surface area (Å²) < 4.78 is 5.06. The van der Waals surface area contributed by atoms with Crippen LogP contribution in [0.5, 0.6) is 5.75 Å². The number of carbonyl (C=O) groups is 1. The largest absolute Gasteiger partial charge is 0.497 e. The van der Waals surface area contributed by atoms with Crippen molar-refractivity contribution in [2.75, 3.05) is 13.7 Å². The molecule has 0 fully saturated rings. The lowest BCUT2D eigenvalue weighted by molar-refractivity contribution is -0.116. The Morgan fingerprint density at radius 1 is 1.35 bits per heavy atom. The first-order chi connectivity index (χ1) is 8.26. The predicted octanol–water partition coefficient (Wildman–Crippen LogP) is 2.62. The smallest absolute Gasteiger partial charge is 0.243 e. The second-order valence-electron chi connectivity index (χ2n) is 3.75. The van der Waals surface area contributed by atoms with Crippen LogP contribution in [-0.4, -0.2) is 19.6 Å². The number of ether oxygens (including phenoxy) is 1. The van der Waals surface area contributed by atoms with E-state index in [-0.39, 0.29) is 5.91 Å². The van der Waals surface area contributed by atoms with Crippen molar-refractivity contribution in [3.63, 3.8) is 0 Å². The number of benzene rings is 1. The van der Waals surface area contributed by atoms with Crippen LogP contribution in [0.3, 0.4) is 0 Å². The molecule has 0 aliphatic carbocycles. The van der Waals surface area contributed by atoms with E-state index in [1.54, 1.807) is 19.3 Å². The molecule has 0 radical (unpaired) electrons. The maximum absolute atomic E-state index is 11.4. The Balaban J connectivity index is 2.43. The first kappa shape index (κ1) is 13.3. The molecule has 0 unspecified atom stereocenters. The quantitative estimate of drug-likeness (QED) is 0.606. The van der Waals surface area contributed by atoms with E-state index in [4.69, 9.17) is 4.74 Å². The van der Waals surface area contributed by atoms with Gasteiger partial charge in [0.15, 0.2) is 0 Å². The van der Waals surface area contributed by atoms with E-state index in [1.165, 1.54) is 0 Å². The molecular formula is C14H19NO2. The summed E-state index contributed by atoms with van der Waals surface area (Å²) in [5.41, 5.74) is 0.983. The first-order valence-corrected chi connectivity index (χ1v) is 5.86. The molecule has 0 bridgehead atoms. The number of nitrogens with one attached hydrogen (secondary N) is 1. The highest BCUT2D eigenvalue weighted by atomic mass is 16.5. The number of carbonyl (C=O) groups excluding carboxylic acids is 1. The van der Waals surface area contributed by atoms with Crippen LogP contribution in [0, 0.1) is 0 Å². The summed E-state index contributed by atoms with van der Waals surface area (Å²) in [6.45, 7) is 2.83. The van der Waals surface area contributed by atoms with E-state index in [0.717, 1.165) is 30.7 Å². The average Bonchev–Trinajstić information content (AvgIpc) is 2.37. The number of hydrogen-bond acceptors (Lipinski definition) is 2. The van der Waals surface area contributed by atoms with Crippen LogP contribution in [0.15, 0.2) is 30.3 Å². The molecule has 17 heavy (non-hydrogen) atoms. The number of methoxy groups -OCH3 is 1. The van der Waals surface area contributed by atoms with E-state index >= 15 is 0 Å². The van der Waals surface area contributed by atoms with Crippen molar-refractivity contribution >= 4 is 12.0 Å². The first-order valence-electron chi connectivity index (χ1n) is 5.86. The molecule has 0 heterocycles. The van der Waals surface area contributed by atoms with Crippen LogP contribution in [0.1, 0.15) is 25.3 Å². The van der Waals surface area contributed by atoms with Gasteiger partial charge < -0.3 is 10.1 Å². The number of unbranched alkanes of at least 4 members (excludes halogenated alkanes) is 1. The molecule has 0 saturated carbocycles. The van der Waals surface area contributed by atoms with Crippen molar-refractivity contribution < 1.29 is 9.53 Å². The highest BCUT2D eigenvalue weighted by Gasteiger charge is 1.94. The SMILES string of the molecule is CCCCNC(=O)C=Cc1ccc(OC)cc1. The molecule has 1 rings (SSSR count). The molecule has 0 spiro atoms. The van der Waals surface area contributed by atoms with E-state index < -0.39 is 0 Å². The second kappa shape index (κ2) is 7.49. The van der Waals surface area contributed by atoms with Gasteiger partial charge in [-0.2, -0.15) is 0 Å². The van der Waals surface area contributed by atoms with Gasteiger partial charge in [-0.1, -0.05) is 25.5 Å². The Morgan fingerprint density at radius 2 is 2.06 bits per heavy atom. The highest BCUT2D eigenvalue weighted by Crippen LogP contribution is 2.12. The Bertz CT molecular complexity index is 368. The molecule has 0 aliphatic heterocycles. The summed E-state index contributed by atoms with van der Waals surface area (Å²) in [4.78, 5) is 11.4. The third-order valence-corrected chi connectivity index (χ3v) is 2.37. The van der Waals surface area contributed by atoms with E-state index in [0.29, 0.717) is 0 Å². The molecule has 1 amide bonds. The summed E-state index contributed by atoms with van der Waals surface area (Å²) >= 11 is 0. The van der Waals surface area contributed by atoms with Gasteiger partial charge in [-0.15, -0.1) is 0 Å². The van der Waals surface area contributed by atoms with E-state index in [2.05, 4.69) is 12.2 Å². The van der Waals surface area contributed by atoms with Gasteiger partial charge in [0.05, 0.1) is 7.11 Å². The van der Waals surface area contributed by atoms with Gasteiger partial charge in [-0.3, -0.25) is 4.79 Å². The zero-order valence-corrected chi connectivity index (χ0v) is 10.4. The topological polar surface area (TPSA) is 38.3 Å². The maximum atomic E-state index is 11.4. The normalized spacial score (nSPS) is 10.5. The highest BCUT2D eigenvalue weighted by molar-refractivity contribution is 5.91. The van der Waals surface area contributed by atoms with Crippen LogP contribution in [0.25, 0.3) is 6.08 Å². The zero-order chi connectivity index (χ0) is 12.5. The van der Waals surface area contributed by atoms with Gasteiger partial charge in [0.1, 0.15) is 5.75 Å². The summed E-state index contributed by atoms with van der Waals surface area (Å²) in [5, 5.41) is 2.83. The number of amides is 1. The Hall–Kier alpha value is -1.77. The Labute approximate surface area is 102 Å². The van der Waals surface area contributed by atoms with Crippen molar-refractivity contribution in [1.29, 1.82) is 0 Å². The standard InChI is InChI=1S/C14H19NO2/c1-3-4-11-15-14(16)10-7-12-5-8-13(17-2)9-6-12/h5-10H,3-4,11H2,1-2H3,(H,15,16). The second-order valence-corrected chi connectivity index (χ2v) is 3.75. The fourth-order valence-corrected chi connectivity index (χ4v) is 1.33. The van der Waals surface area contributed by atoms with Crippen LogP contribution in [0.4, 0.5) is 0 Å². The predicted molar refractivity (Wildman–Crippen MR) is 69.9 cm³/mol. The molecule has 92 valence electrons. The summed E-state index contributed by atoms with van der Waals surface area (Å²) in [5.74, 6) is 0.767. The lowest BCUT2D eigenvalue weighted by atomic mass is 10.2. The van der Waals surface area contributed by atoms with Gasteiger partial charge in [0, 0.05) is 12.6 Å². The molecule has 1 aromatic carbocycles. The Morgan fingerprint density at radius 3 is 2.65 bits per heavy atom. The average molecular weight is 233 g/mol. The molecule has 3 nitrogen and oxygen atoms in total. The number of rotatable bonds is 6. The molecular weight excluding hydrogens is 214 g/mol. The van der Waals surface area contributed by atoms with Crippen LogP contribution in [-0.2, 0) is 4.79 Å².